The molecule has 1 amide bonds. The van der Waals surface area contributed by atoms with Gasteiger partial charge in [-0.15, -0.1) is 0 Å². The Balaban J connectivity index is 2.21. The van der Waals surface area contributed by atoms with Gasteiger partial charge in [0.15, 0.2) is 5.13 Å². The molecule has 2 aromatic rings. The van der Waals surface area contributed by atoms with Crippen molar-refractivity contribution in [3.05, 3.63) is 24.3 Å². The Bertz CT molecular complexity index is 593. The van der Waals surface area contributed by atoms with E-state index in [1.165, 1.54) is 11.3 Å². The summed E-state index contributed by atoms with van der Waals surface area (Å²) in [5, 5.41) is 3.83. The summed E-state index contributed by atoms with van der Waals surface area (Å²) in [6, 6.07) is 7.56. The lowest BCUT2D eigenvalue weighted by atomic mass is 10.1. The number of nitrogens with zero attached hydrogens (tertiary/aromatic N) is 1. The number of nitrogens with two attached hydrogens (primary N) is 1. The summed E-state index contributed by atoms with van der Waals surface area (Å²) in [6.45, 7) is 4.36. The van der Waals surface area contributed by atoms with Gasteiger partial charge in [0.2, 0.25) is 5.91 Å². The molecule has 106 valence electrons. The largest absolute Gasteiger partial charge is 0.494 e. The monoisotopic (exact) mass is 291 g/mol. The summed E-state index contributed by atoms with van der Waals surface area (Å²) in [7, 11) is 0. The van der Waals surface area contributed by atoms with Gasteiger partial charge in [0, 0.05) is 12.0 Å². The molecule has 1 aromatic heterocycles. The summed E-state index contributed by atoms with van der Waals surface area (Å²) >= 11 is 1.27. The van der Waals surface area contributed by atoms with E-state index >= 15 is 0 Å². The predicted octanol–water partition coefficient (Wildman–Crippen LogP) is 3.14. The molecular formula is C14H17N3O2S. The molecule has 0 radical (unpaired) electrons. The average Bonchev–Trinajstić information content (AvgIpc) is 2.80. The third-order valence-electron chi connectivity index (χ3n) is 2.66. The maximum atomic E-state index is 11.4. The van der Waals surface area contributed by atoms with Crippen molar-refractivity contribution in [1.29, 1.82) is 0 Å². The minimum Gasteiger partial charge on any atom is -0.494 e. The molecule has 0 aliphatic heterocycles. The van der Waals surface area contributed by atoms with Crippen LogP contribution in [0.5, 0.6) is 5.75 Å². The van der Waals surface area contributed by atoms with Gasteiger partial charge in [-0.2, -0.15) is 0 Å². The summed E-state index contributed by atoms with van der Waals surface area (Å²) in [6.07, 6.45) is 0.415. The van der Waals surface area contributed by atoms with Crippen molar-refractivity contribution in [3.63, 3.8) is 0 Å². The molecule has 0 atom stereocenters. The molecule has 1 heterocycles. The fraction of sp³-hybridized carbons (Fsp3) is 0.286. The molecule has 0 saturated heterocycles. The van der Waals surface area contributed by atoms with Crippen molar-refractivity contribution in [2.45, 2.75) is 20.3 Å². The maximum Gasteiger partial charge on any atom is 0.225 e. The Hall–Kier alpha value is -2.08. The van der Waals surface area contributed by atoms with Crippen molar-refractivity contribution in [2.24, 2.45) is 0 Å². The molecule has 6 heteroatoms. The summed E-state index contributed by atoms with van der Waals surface area (Å²) in [4.78, 5) is 15.7. The standard InChI is InChI=1S/C14H17N3O2S/c1-3-11(18)16-14-17-12(13(15)20-14)9-5-7-10(8-6-9)19-4-2/h5-8H,3-4,15H2,1-2H3,(H,16,17,18). The number of rotatable bonds is 5. The lowest BCUT2D eigenvalue weighted by molar-refractivity contribution is -0.115. The van der Waals surface area contributed by atoms with Crippen molar-refractivity contribution in [3.8, 4) is 17.0 Å². The van der Waals surface area contributed by atoms with Gasteiger partial charge in [0.05, 0.1) is 6.61 Å². The van der Waals surface area contributed by atoms with Crippen LogP contribution in [0.2, 0.25) is 0 Å². The van der Waals surface area contributed by atoms with E-state index < -0.39 is 0 Å². The van der Waals surface area contributed by atoms with Gasteiger partial charge in [-0.3, -0.25) is 4.79 Å². The third-order valence-corrected chi connectivity index (χ3v) is 3.46. The topological polar surface area (TPSA) is 77.2 Å². The van der Waals surface area contributed by atoms with E-state index in [0.717, 1.165) is 11.3 Å². The number of amides is 1. The van der Waals surface area contributed by atoms with E-state index in [1.807, 2.05) is 31.2 Å². The van der Waals surface area contributed by atoms with Crippen molar-refractivity contribution in [1.82, 2.24) is 4.98 Å². The molecule has 0 unspecified atom stereocenters. The second-order valence-electron chi connectivity index (χ2n) is 4.09. The normalized spacial score (nSPS) is 10.3. The number of benzene rings is 1. The highest BCUT2D eigenvalue weighted by atomic mass is 32.1. The number of carbonyl (C=O) groups excluding carboxylic acids is 1. The number of hydrogen-bond acceptors (Lipinski definition) is 5. The number of aromatic nitrogens is 1. The molecule has 0 bridgehead atoms. The molecule has 2 rings (SSSR count). The molecule has 20 heavy (non-hydrogen) atoms. The predicted molar refractivity (Wildman–Crippen MR) is 82.1 cm³/mol. The van der Waals surface area contributed by atoms with Gasteiger partial charge in [-0.1, -0.05) is 18.3 Å². The average molecular weight is 291 g/mol. The molecule has 0 spiro atoms. The van der Waals surface area contributed by atoms with Gasteiger partial charge in [-0.05, 0) is 31.2 Å². The number of carbonyl (C=O) groups is 1. The maximum absolute atomic E-state index is 11.4. The van der Waals surface area contributed by atoms with E-state index in [9.17, 15) is 4.79 Å². The van der Waals surface area contributed by atoms with E-state index in [4.69, 9.17) is 10.5 Å². The summed E-state index contributed by atoms with van der Waals surface area (Å²) in [5.41, 5.74) is 7.55. The van der Waals surface area contributed by atoms with Crippen LogP contribution in [0.15, 0.2) is 24.3 Å². The fourth-order valence-electron chi connectivity index (χ4n) is 1.68. The zero-order chi connectivity index (χ0) is 14.5. The molecule has 0 fully saturated rings. The Morgan fingerprint density at radius 1 is 1.35 bits per heavy atom. The second kappa shape index (κ2) is 6.38. The molecule has 0 aliphatic rings. The number of ether oxygens (including phenoxy) is 1. The minimum absolute atomic E-state index is 0.0722. The first-order valence-electron chi connectivity index (χ1n) is 6.43. The van der Waals surface area contributed by atoms with Gasteiger partial charge < -0.3 is 15.8 Å². The van der Waals surface area contributed by atoms with Crippen LogP contribution in [-0.4, -0.2) is 17.5 Å². The second-order valence-corrected chi connectivity index (χ2v) is 5.12. The Morgan fingerprint density at radius 2 is 2.05 bits per heavy atom. The van der Waals surface area contributed by atoms with Crippen LogP contribution in [0.3, 0.4) is 0 Å². The zero-order valence-electron chi connectivity index (χ0n) is 11.5. The summed E-state index contributed by atoms with van der Waals surface area (Å²) in [5.74, 6) is 0.738. The van der Waals surface area contributed by atoms with Crippen LogP contribution in [0.25, 0.3) is 11.3 Å². The number of nitrogen functional groups attached to an aromatic ring is 1. The molecule has 5 nitrogen and oxygen atoms in total. The molecule has 3 N–H and O–H groups in total. The van der Waals surface area contributed by atoms with E-state index in [-0.39, 0.29) is 5.91 Å². The van der Waals surface area contributed by atoms with Crippen LogP contribution in [0.1, 0.15) is 20.3 Å². The quantitative estimate of drug-likeness (QED) is 0.887. The highest BCUT2D eigenvalue weighted by Crippen LogP contribution is 2.34. The van der Waals surface area contributed by atoms with Gasteiger partial charge in [0.1, 0.15) is 16.4 Å². The highest BCUT2D eigenvalue weighted by Gasteiger charge is 2.12. The van der Waals surface area contributed by atoms with E-state index in [2.05, 4.69) is 10.3 Å². The molecule has 0 aliphatic carbocycles. The number of nitrogens with one attached hydrogen (secondary N) is 1. The van der Waals surface area contributed by atoms with Gasteiger partial charge in [0.25, 0.3) is 0 Å². The van der Waals surface area contributed by atoms with Crippen LogP contribution < -0.4 is 15.8 Å². The molecular weight excluding hydrogens is 274 g/mol. The van der Waals surface area contributed by atoms with Gasteiger partial charge in [-0.25, -0.2) is 4.98 Å². The molecule has 0 saturated carbocycles. The van der Waals surface area contributed by atoms with Crippen LogP contribution in [0.4, 0.5) is 10.1 Å². The first-order chi connectivity index (χ1) is 9.63. The third kappa shape index (κ3) is 3.27. The van der Waals surface area contributed by atoms with E-state index in [0.29, 0.717) is 28.9 Å². The highest BCUT2D eigenvalue weighted by molar-refractivity contribution is 7.20. The smallest absolute Gasteiger partial charge is 0.225 e. The zero-order valence-corrected chi connectivity index (χ0v) is 12.3. The lowest BCUT2D eigenvalue weighted by Crippen LogP contribution is -2.08. The lowest BCUT2D eigenvalue weighted by Gasteiger charge is -2.03. The first kappa shape index (κ1) is 14.3. The Kier molecular flexibility index (Phi) is 4.57. The van der Waals surface area contributed by atoms with Crippen LogP contribution in [0, 0.1) is 0 Å². The fourth-order valence-corrected chi connectivity index (χ4v) is 2.45. The Labute approximate surface area is 121 Å². The number of thiazole rings is 1. The minimum atomic E-state index is -0.0722. The Morgan fingerprint density at radius 3 is 2.65 bits per heavy atom. The van der Waals surface area contributed by atoms with Crippen molar-refractivity contribution in [2.75, 3.05) is 17.7 Å². The van der Waals surface area contributed by atoms with Crippen molar-refractivity contribution < 1.29 is 9.53 Å². The van der Waals surface area contributed by atoms with Crippen LogP contribution in [-0.2, 0) is 4.79 Å². The number of hydrogen-bond donors (Lipinski definition) is 2. The SMILES string of the molecule is CCOc1ccc(-c2nc(NC(=O)CC)sc2N)cc1. The molecule has 1 aromatic carbocycles. The van der Waals surface area contributed by atoms with Crippen LogP contribution >= 0.6 is 11.3 Å². The van der Waals surface area contributed by atoms with Gasteiger partial charge >= 0.3 is 0 Å². The first-order valence-corrected chi connectivity index (χ1v) is 7.25. The van der Waals surface area contributed by atoms with Crippen molar-refractivity contribution >= 4 is 27.4 Å². The summed E-state index contributed by atoms with van der Waals surface area (Å²) < 4.78 is 5.39. The van der Waals surface area contributed by atoms with E-state index in [1.54, 1.807) is 6.92 Å². The number of anilines is 2.